The minimum atomic E-state index is -2.90. The lowest BCUT2D eigenvalue weighted by molar-refractivity contribution is -0.0499. The third-order valence-corrected chi connectivity index (χ3v) is 5.15. The Hall–Kier alpha value is -3.12. The summed E-state index contributed by atoms with van der Waals surface area (Å²) in [4.78, 5) is 4.80. The molecule has 0 saturated carbocycles. The van der Waals surface area contributed by atoms with Crippen molar-refractivity contribution in [3.05, 3.63) is 77.3 Å². The van der Waals surface area contributed by atoms with Gasteiger partial charge in [-0.25, -0.2) is 4.98 Å². The van der Waals surface area contributed by atoms with E-state index in [1.54, 1.807) is 12.1 Å². The maximum atomic E-state index is 12.7. The number of fused-ring (bicyclic) bond motifs is 5. The standard InChI is InChI=1S/C21H14ClF2N3O/c22-15-10-9-12(28-21(23)24)11-14(15)20-25-16-6-2-1-5-13(16)19-26-17-7-3-4-8-18(17)27(19)20/h1-11,20-21,25H. The van der Waals surface area contributed by atoms with Gasteiger partial charge in [-0.05, 0) is 42.5 Å². The summed E-state index contributed by atoms with van der Waals surface area (Å²) in [7, 11) is 0. The van der Waals surface area contributed by atoms with Crippen molar-refractivity contribution >= 4 is 28.3 Å². The van der Waals surface area contributed by atoms with E-state index in [4.69, 9.17) is 16.6 Å². The molecule has 0 spiro atoms. The summed E-state index contributed by atoms with van der Waals surface area (Å²) in [6, 6.07) is 20.2. The second kappa shape index (κ2) is 6.49. The van der Waals surface area contributed by atoms with Crippen LogP contribution in [0.4, 0.5) is 14.5 Å². The molecule has 2 heterocycles. The van der Waals surface area contributed by atoms with Crippen molar-refractivity contribution in [3.63, 3.8) is 0 Å². The summed E-state index contributed by atoms with van der Waals surface area (Å²) in [6.45, 7) is -2.90. The van der Waals surface area contributed by atoms with E-state index in [0.717, 1.165) is 28.1 Å². The summed E-state index contributed by atoms with van der Waals surface area (Å²) in [5, 5.41) is 3.91. The number of halogens is 3. The van der Waals surface area contributed by atoms with Crippen LogP contribution in [0.25, 0.3) is 22.4 Å². The quantitative estimate of drug-likeness (QED) is 0.465. The van der Waals surface area contributed by atoms with Crippen LogP contribution >= 0.6 is 11.6 Å². The number of para-hydroxylation sites is 3. The maximum absolute atomic E-state index is 12.7. The summed E-state index contributed by atoms with van der Waals surface area (Å²) in [5.41, 5.74) is 4.24. The predicted molar refractivity (Wildman–Crippen MR) is 105 cm³/mol. The molecule has 3 aromatic carbocycles. The fourth-order valence-electron chi connectivity index (χ4n) is 3.64. The minimum absolute atomic E-state index is 0.0565. The van der Waals surface area contributed by atoms with Crippen molar-refractivity contribution in [1.82, 2.24) is 9.55 Å². The Labute approximate surface area is 164 Å². The van der Waals surface area contributed by atoms with Gasteiger partial charge < -0.3 is 10.1 Å². The normalized spacial score (nSPS) is 15.2. The molecule has 140 valence electrons. The van der Waals surface area contributed by atoms with Gasteiger partial charge in [0, 0.05) is 21.8 Å². The lowest BCUT2D eigenvalue weighted by Gasteiger charge is -2.31. The zero-order valence-corrected chi connectivity index (χ0v) is 15.2. The Morgan fingerprint density at radius 1 is 1.04 bits per heavy atom. The van der Waals surface area contributed by atoms with Gasteiger partial charge in [0.25, 0.3) is 0 Å². The molecule has 4 aromatic rings. The molecular weight excluding hydrogens is 384 g/mol. The highest BCUT2D eigenvalue weighted by molar-refractivity contribution is 6.31. The molecular formula is C21H14ClF2N3O. The summed E-state index contributed by atoms with van der Waals surface area (Å²) in [5.74, 6) is 0.845. The van der Waals surface area contributed by atoms with E-state index < -0.39 is 12.8 Å². The average Bonchev–Trinajstić information content (AvgIpc) is 3.08. The number of imidazole rings is 1. The van der Waals surface area contributed by atoms with Crippen LogP contribution in [-0.2, 0) is 0 Å². The fraction of sp³-hybridized carbons (Fsp3) is 0.0952. The van der Waals surface area contributed by atoms with E-state index in [-0.39, 0.29) is 5.75 Å². The van der Waals surface area contributed by atoms with E-state index in [9.17, 15) is 8.78 Å². The SMILES string of the molecule is FC(F)Oc1ccc(Cl)c(C2Nc3ccccc3-c3nc4ccccc4n32)c1. The highest BCUT2D eigenvalue weighted by atomic mass is 35.5. The first-order valence-corrected chi connectivity index (χ1v) is 9.07. The molecule has 1 atom stereocenters. The third kappa shape index (κ3) is 2.68. The molecule has 1 aromatic heterocycles. The zero-order chi connectivity index (χ0) is 19.3. The monoisotopic (exact) mass is 397 g/mol. The van der Waals surface area contributed by atoms with E-state index in [1.807, 2.05) is 53.1 Å². The number of nitrogens with zero attached hydrogens (tertiary/aromatic N) is 2. The molecule has 0 aliphatic carbocycles. The lowest BCUT2D eigenvalue weighted by atomic mass is 10.1. The van der Waals surface area contributed by atoms with Crippen molar-refractivity contribution in [2.45, 2.75) is 12.8 Å². The van der Waals surface area contributed by atoms with Gasteiger partial charge in [0.2, 0.25) is 0 Å². The van der Waals surface area contributed by atoms with Crippen LogP contribution in [0, 0.1) is 0 Å². The molecule has 0 amide bonds. The molecule has 0 bridgehead atoms. The van der Waals surface area contributed by atoms with Gasteiger partial charge in [-0.2, -0.15) is 8.78 Å². The molecule has 5 rings (SSSR count). The topological polar surface area (TPSA) is 39.1 Å². The van der Waals surface area contributed by atoms with Crippen molar-refractivity contribution < 1.29 is 13.5 Å². The van der Waals surface area contributed by atoms with Crippen molar-refractivity contribution in [1.29, 1.82) is 0 Å². The first-order valence-electron chi connectivity index (χ1n) is 8.69. The number of hydrogen-bond donors (Lipinski definition) is 1. The van der Waals surface area contributed by atoms with Crippen LogP contribution in [0.15, 0.2) is 66.7 Å². The molecule has 1 aliphatic rings. The Morgan fingerprint density at radius 2 is 1.82 bits per heavy atom. The summed E-state index contributed by atoms with van der Waals surface area (Å²) >= 11 is 6.46. The van der Waals surface area contributed by atoms with E-state index in [1.165, 1.54) is 6.07 Å². The highest BCUT2D eigenvalue weighted by Gasteiger charge is 2.29. The molecule has 1 N–H and O–H groups in total. The molecule has 1 aliphatic heterocycles. The smallest absolute Gasteiger partial charge is 0.387 e. The Bertz CT molecular complexity index is 1190. The third-order valence-electron chi connectivity index (χ3n) is 4.80. The van der Waals surface area contributed by atoms with Crippen molar-refractivity contribution in [2.75, 3.05) is 5.32 Å². The van der Waals surface area contributed by atoms with Crippen molar-refractivity contribution in [3.8, 4) is 17.1 Å². The number of nitrogens with one attached hydrogen (secondary N) is 1. The number of anilines is 1. The van der Waals surface area contributed by atoms with Gasteiger partial charge in [0.1, 0.15) is 17.7 Å². The Morgan fingerprint density at radius 3 is 2.68 bits per heavy atom. The number of aromatic nitrogens is 2. The van der Waals surface area contributed by atoms with Gasteiger partial charge >= 0.3 is 6.61 Å². The molecule has 0 saturated heterocycles. The lowest BCUT2D eigenvalue weighted by Crippen LogP contribution is -2.25. The van der Waals surface area contributed by atoms with Gasteiger partial charge in [0.05, 0.1) is 11.0 Å². The van der Waals surface area contributed by atoms with Gasteiger partial charge in [0.15, 0.2) is 0 Å². The van der Waals surface area contributed by atoms with Gasteiger partial charge in [-0.1, -0.05) is 35.9 Å². The van der Waals surface area contributed by atoms with Gasteiger partial charge in [-0.15, -0.1) is 0 Å². The predicted octanol–water partition coefficient (Wildman–Crippen LogP) is 5.93. The van der Waals surface area contributed by atoms with E-state index in [2.05, 4.69) is 10.1 Å². The van der Waals surface area contributed by atoms with E-state index >= 15 is 0 Å². The van der Waals surface area contributed by atoms with E-state index in [0.29, 0.717) is 10.6 Å². The minimum Gasteiger partial charge on any atom is -0.435 e. The second-order valence-electron chi connectivity index (χ2n) is 6.45. The Kier molecular flexibility index (Phi) is 3.94. The maximum Gasteiger partial charge on any atom is 0.387 e. The largest absolute Gasteiger partial charge is 0.435 e. The first-order chi connectivity index (χ1) is 13.6. The molecule has 7 heteroatoms. The van der Waals surface area contributed by atoms with Crippen LogP contribution in [-0.4, -0.2) is 16.2 Å². The summed E-state index contributed by atoms with van der Waals surface area (Å²) < 4.78 is 32.0. The van der Waals surface area contributed by atoms with Gasteiger partial charge in [-0.3, -0.25) is 4.57 Å². The number of ether oxygens (including phenoxy) is 1. The first kappa shape index (κ1) is 17.0. The number of rotatable bonds is 3. The molecule has 0 fully saturated rings. The van der Waals surface area contributed by atoms with Crippen LogP contribution in [0.1, 0.15) is 11.7 Å². The molecule has 0 radical (unpaired) electrons. The number of benzene rings is 3. The molecule has 1 unspecified atom stereocenters. The molecule has 28 heavy (non-hydrogen) atoms. The zero-order valence-electron chi connectivity index (χ0n) is 14.4. The van der Waals surface area contributed by atoms with Crippen molar-refractivity contribution in [2.24, 2.45) is 0 Å². The van der Waals surface area contributed by atoms with Crippen LogP contribution in [0.5, 0.6) is 5.75 Å². The second-order valence-corrected chi connectivity index (χ2v) is 6.86. The Balaban J connectivity index is 1.75. The molecule has 4 nitrogen and oxygen atoms in total. The fourth-order valence-corrected chi connectivity index (χ4v) is 3.86. The van der Waals surface area contributed by atoms with Crippen LogP contribution < -0.4 is 10.1 Å². The van der Waals surface area contributed by atoms with Crippen LogP contribution in [0.3, 0.4) is 0 Å². The van der Waals surface area contributed by atoms with Crippen LogP contribution in [0.2, 0.25) is 5.02 Å². The highest BCUT2D eigenvalue weighted by Crippen LogP contribution is 2.42. The summed E-state index contributed by atoms with van der Waals surface area (Å²) in [6.07, 6.45) is -0.425. The average molecular weight is 398 g/mol. The number of hydrogen-bond acceptors (Lipinski definition) is 3. The number of alkyl halides is 2.